The van der Waals surface area contributed by atoms with Gasteiger partial charge in [-0.1, -0.05) is 49.4 Å². The van der Waals surface area contributed by atoms with Crippen LogP contribution in [0.3, 0.4) is 0 Å². The van der Waals surface area contributed by atoms with Gasteiger partial charge in [0, 0.05) is 17.2 Å². The SMILES string of the molecule is CCCC(=O)Oc1ccc2ccc3cccc4ccc1c2c34.[H-].[Na+]. The van der Waals surface area contributed by atoms with Gasteiger partial charge in [0.05, 0.1) is 0 Å². The molecule has 0 saturated heterocycles. The average molecular weight is 312 g/mol. The van der Waals surface area contributed by atoms with E-state index in [-0.39, 0.29) is 37.0 Å². The van der Waals surface area contributed by atoms with Crippen molar-refractivity contribution in [1.29, 1.82) is 0 Å². The summed E-state index contributed by atoms with van der Waals surface area (Å²) in [5, 5.41) is 7.03. The number of carbonyl (C=O) groups excluding carboxylic acids is 1. The van der Waals surface area contributed by atoms with Crippen molar-refractivity contribution < 1.29 is 40.5 Å². The number of benzene rings is 4. The molecule has 0 amide bonds. The van der Waals surface area contributed by atoms with E-state index in [1.165, 1.54) is 26.9 Å². The predicted molar refractivity (Wildman–Crippen MR) is 91.8 cm³/mol. The summed E-state index contributed by atoms with van der Waals surface area (Å²) < 4.78 is 5.57. The van der Waals surface area contributed by atoms with Crippen LogP contribution in [-0.2, 0) is 4.79 Å². The van der Waals surface area contributed by atoms with Gasteiger partial charge in [-0.25, -0.2) is 0 Å². The van der Waals surface area contributed by atoms with Crippen LogP contribution in [0.1, 0.15) is 21.2 Å². The van der Waals surface area contributed by atoms with E-state index in [4.69, 9.17) is 4.74 Å². The van der Waals surface area contributed by atoms with Crippen molar-refractivity contribution in [2.45, 2.75) is 19.8 Å². The molecule has 0 heterocycles. The standard InChI is InChI=1S/C20H16O2.Na.H/c1-2-4-18(21)22-17-12-10-15-8-7-13-5-3-6-14-9-11-16(17)20(15)19(13)14;;/h3,5-12H,2,4H2,1H3;;/q;+1;-1. The van der Waals surface area contributed by atoms with E-state index in [0.717, 1.165) is 11.8 Å². The van der Waals surface area contributed by atoms with E-state index in [0.29, 0.717) is 12.2 Å². The Hall–Kier alpha value is -1.61. The second-order valence-electron chi connectivity index (χ2n) is 5.64. The van der Waals surface area contributed by atoms with Crippen LogP contribution in [0.5, 0.6) is 5.75 Å². The van der Waals surface area contributed by atoms with Gasteiger partial charge in [0.15, 0.2) is 0 Å². The summed E-state index contributed by atoms with van der Waals surface area (Å²) in [4.78, 5) is 11.8. The molecule has 0 unspecified atom stereocenters. The maximum atomic E-state index is 11.8. The summed E-state index contributed by atoms with van der Waals surface area (Å²) in [6.45, 7) is 1.98. The molecule has 2 nitrogen and oxygen atoms in total. The molecule has 4 rings (SSSR count). The zero-order chi connectivity index (χ0) is 15.1. The average Bonchev–Trinajstić information content (AvgIpc) is 2.54. The van der Waals surface area contributed by atoms with Crippen molar-refractivity contribution in [2.24, 2.45) is 0 Å². The Morgan fingerprint density at radius 3 is 2.22 bits per heavy atom. The maximum Gasteiger partial charge on any atom is 1.00 e. The second kappa shape index (κ2) is 6.48. The molecular formula is C20H17NaO2. The maximum absolute atomic E-state index is 11.8. The molecule has 0 bridgehead atoms. The third kappa shape index (κ3) is 2.72. The Morgan fingerprint density at radius 2 is 1.52 bits per heavy atom. The van der Waals surface area contributed by atoms with Gasteiger partial charge in [-0.2, -0.15) is 0 Å². The Balaban J connectivity index is 0.00000104. The molecule has 0 atom stereocenters. The molecule has 0 aliphatic rings. The Bertz CT molecular complexity index is 981. The van der Waals surface area contributed by atoms with Crippen LogP contribution in [0, 0.1) is 0 Å². The molecule has 0 radical (unpaired) electrons. The molecule has 4 aromatic rings. The van der Waals surface area contributed by atoms with Crippen molar-refractivity contribution in [1.82, 2.24) is 0 Å². The van der Waals surface area contributed by atoms with Crippen LogP contribution in [-0.4, -0.2) is 5.97 Å². The zero-order valence-electron chi connectivity index (χ0n) is 14.4. The van der Waals surface area contributed by atoms with Crippen LogP contribution >= 0.6 is 0 Å². The third-order valence-corrected chi connectivity index (χ3v) is 4.17. The Kier molecular flexibility index (Phi) is 4.58. The quantitative estimate of drug-likeness (QED) is 0.251. The first-order chi connectivity index (χ1) is 10.8. The van der Waals surface area contributed by atoms with E-state index >= 15 is 0 Å². The monoisotopic (exact) mass is 312 g/mol. The topological polar surface area (TPSA) is 26.3 Å². The molecule has 0 N–H and O–H groups in total. The largest absolute Gasteiger partial charge is 1.00 e. The van der Waals surface area contributed by atoms with Crippen molar-refractivity contribution >= 4 is 38.3 Å². The molecule has 0 fully saturated rings. The van der Waals surface area contributed by atoms with Gasteiger partial charge in [0.1, 0.15) is 5.75 Å². The van der Waals surface area contributed by atoms with E-state index in [2.05, 4.69) is 42.5 Å². The molecule has 110 valence electrons. The van der Waals surface area contributed by atoms with E-state index in [1.54, 1.807) is 0 Å². The smallest absolute Gasteiger partial charge is 1.00 e. The van der Waals surface area contributed by atoms with Crippen LogP contribution in [0.2, 0.25) is 0 Å². The fraction of sp³-hybridized carbons (Fsp3) is 0.150. The predicted octanol–water partition coefficient (Wildman–Crippen LogP) is 2.41. The van der Waals surface area contributed by atoms with Crippen molar-refractivity contribution in [3.63, 3.8) is 0 Å². The van der Waals surface area contributed by atoms with Crippen LogP contribution in [0.25, 0.3) is 32.3 Å². The molecular weight excluding hydrogens is 295 g/mol. The normalized spacial score (nSPS) is 11.0. The minimum Gasteiger partial charge on any atom is -1.00 e. The van der Waals surface area contributed by atoms with Crippen LogP contribution in [0.15, 0.2) is 54.6 Å². The van der Waals surface area contributed by atoms with Gasteiger partial charge in [0.2, 0.25) is 0 Å². The minimum atomic E-state index is -0.169. The molecule has 23 heavy (non-hydrogen) atoms. The fourth-order valence-corrected chi connectivity index (χ4v) is 3.18. The van der Waals surface area contributed by atoms with Gasteiger partial charge in [-0.15, -0.1) is 0 Å². The Labute approximate surface area is 158 Å². The van der Waals surface area contributed by atoms with Crippen molar-refractivity contribution in [3.05, 3.63) is 54.6 Å². The molecule has 4 aromatic carbocycles. The van der Waals surface area contributed by atoms with Gasteiger partial charge < -0.3 is 6.16 Å². The van der Waals surface area contributed by atoms with Gasteiger partial charge in [0.25, 0.3) is 0 Å². The summed E-state index contributed by atoms with van der Waals surface area (Å²) in [5.41, 5.74) is 0. The molecule has 3 heteroatoms. The zero-order valence-corrected chi connectivity index (χ0v) is 15.4. The number of esters is 1. The van der Waals surface area contributed by atoms with Gasteiger partial charge >= 0.3 is 35.5 Å². The summed E-state index contributed by atoms with van der Waals surface area (Å²) >= 11 is 0. The van der Waals surface area contributed by atoms with Gasteiger partial charge in [-0.3, -0.25) is 4.79 Å². The Morgan fingerprint density at radius 1 is 0.913 bits per heavy atom. The number of hydrogen-bond donors (Lipinski definition) is 0. The first-order valence-electron chi connectivity index (χ1n) is 7.65. The molecule has 0 aromatic heterocycles. The number of ether oxygens (including phenoxy) is 1. The fourth-order valence-electron chi connectivity index (χ4n) is 3.18. The first kappa shape index (κ1) is 16.3. The van der Waals surface area contributed by atoms with Crippen molar-refractivity contribution in [2.75, 3.05) is 0 Å². The first-order valence-corrected chi connectivity index (χ1v) is 7.65. The van der Waals surface area contributed by atoms with Crippen LogP contribution < -0.4 is 34.3 Å². The third-order valence-electron chi connectivity index (χ3n) is 4.17. The van der Waals surface area contributed by atoms with Gasteiger partial charge in [-0.05, 0) is 40.1 Å². The van der Waals surface area contributed by atoms with E-state index < -0.39 is 0 Å². The van der Waals surface area contributed by atoms with E-state index in [1.807, 2.05) is 19.1 Å². The molecule has 0 aliphatic heterocycles. The minimum absolute atomic E-state index is 0. The molecule has 0 saturated carbocycles. The number of carbonyl (C=O) groups is 1. The molecule has 0 aliphatic carbocycles. The molecule has 0 spiro atoms. The summed E-state index contributed by atoms with van der Waals surface area (Å²) in [7, 11) is 0. The second-order valence-corrected chi connectivity index (χ2v) is 5.64. The summed E-state index contributed by atoms with van der Waals surface area (Å²) in [5.74, 6) is 0.488. The van der Waals surface area contributed by atoms with Crippen LogP contribution in [0.4, 0.5) is 0 Å². The number of hydrogen-bond acceptors (Lipinski definition) is 2. The number of rotatable bonds is 3. The summed E-state index contributed by atoms with van der Waals surface area (Å²) in [6.07, 6.45) is 1.24. The van der Waals surface area contributed by atoms with Crippen molar-refractivity contribution in [3.8, 4) is 5.75 Å². The summed E-state index contributed by atoms with van der Waals surface area (Å²) in [6, 6.07) is 18.7. The van der Waals surface area contributed by atoms with E-state index in [9.17, 15) is 4.79 Å².